The zero-order valence-corrected chi connectivity index (χ0v) is 11.9. The Hall–Kier alpha value is -1.90. The van der Waals surface area contributed by atoms with Crippen LogP contribution in [0.3, 0.4) is 0 Å². The average molecular weight is 267 g/mol. The molecule has 2 nitrogen and oxygen atoms in total. The van der Waals surface area contributed by atoms with E-state index in [4.69, 9.17) is 4.74 Å². The molecule has 2 aromatic carbocycles. The van der Waals surface area contributed by atoms with E-state index in [-0.39, 0.29) is 0 Å². The normalized spacial score (nSPS) is 11.1. The Labute approximate surface area is 121 Å². The van der Waals surface area contributed by atoms with Crippen LogP contribution in [-0.2, 0) is 17.9 Å². The molecule has 2 heteroatoms. The molecule has 0 aliphatic carbocycles. The topological polar surface area (TPSA) is 21.3 Å². The van der Waals surface area contributed by atoms with E-state index in [0.29, 0.717) is 13.2 Å². The van der Waals surface area contributed by atoms with Gasteiger partial charge in [-0.15, -0.1) is 0 Å². The van der Waals surface area contributed by atoms with E-state index < -0.39 is 0 Å². The molecule has 0 saturated heterocycles. The van der Waals surface area contributed by atoms with Gasteiger partial charge < -0.3 is 10.1 Å². The Morgan fingerprint density at radius 1 is 0.950 bits per heavy atom. The Morgan fingerprint density at radius 3 is 2.40 bits per heavy atom. The van der Waals surface area contributed by atoms with Crippen molar-refractivity contribution in [3.05, 3.63) is 77.4 Å². The predicted octanol–water partition coefficient (Wildman–Crippen LogP) is 3.64. The fraction of sp³-hybridized carbons (Fsp3) is 0.222. The minimum absolute atomic E-state index is 0.628. The predicted molar refractivity (Wildman–Crippen MR) is 84.3 cm³/mol. The molecule has 104 valence electrons. The lowest BCUT2D eigenvalue weighted by Crippen LogP contribution is -2.08. The van der Waals surface area contributed by atoms with Crippen LogP contribution in [0.4, 0.5) is 0 Å². The number of rotatable bonds is 7. The highest BCUT2D eigenvalue weighted by Gasteiger charge is 1.99. The summed E-state index contributed by atoms with van der Waals surface area (Å²) in [5, 5.41) is 3.18. The first-order chi connectivity index (χ1) is 9.90. The van der Waals surface area contributed by atoms with Gasteiger partial charge in [0, 0.05) is 6.54 Å². The maximum Gasteiger partial charge on any atom is 0.0724 e. The Bertz CT molecular complexity index is 534. The van der Waals surface area contributed by atoms with Crippen molar-refractivity contribution in [3.63, 3.8) is 0 Å². The molecule has 0 heterocycles. The lowest BCUT2D eigenvalue weighted by atomic mass is 10.1. The molecule has 20 heavy (non-hydrogen) atoms. The smallest absolute Gasteiger partial charge is 0.0724 e. The van der Waals surface area contributed by atoms with Gasteiger partial charge in [-0.2, -0.15) is 0 Å². The monoisotopic (exact) mass is 267 g/mol. The molecule has 0 fully saturated rings. The van der Waals surface area contributed by atoms with Gasteiger partial charge in [0.1, 0.15) is 0 Å². The van der Waals surface area contributed by atoms with Crippen LogP contribution >= 0.6 is 0 Å². The zero-order valence-electron chi connectivity index (χ0n) is 11.9. The van der Waals surface area contributed by atoms with Gasteiger partial charge in [-0.05, 0) is 23.7 Å². The second-order valence-electron chi connectivity index (χ2n) is 4.63. The summed E-state index contributed by atoms with van der Waals surface area (Å²) in [6.45, 7) is 2.15. The first-order valence-corrected chi connectivity index (χ1v) is 6.91. The standard InChI is InChI=1S/C18H21NO/c1-19-14-17-11-5-6-12-18(17)15-20-13-7-10-16-8-3-2-4-9-16/h2-12,19H,13-15H2,1H3. The summed E-state index contributed by atoms with van der Waals surface area (Å²) in [5.74, 6) is 0. The average Bonchev–Trinajstić information content (AvgIpc) is 2.50. The van der Waals surface area contributed by atoms with Gasteiger partial charge in [0.25, 0.3) is 0 Å². The molecule has 0 atom stereocenters. The van der Waals surface area contributed by atoms with Crippen molar-refractivity contribution in [2.24, 2.45) is 0 Å². The molecule has 0 amide bonds. The van der Waals surface area contributed by atoms with Crippen LogP contribution in [-0.4, -0.2) is 13.7 Å². The highest BCUT2D eigenvalue weighted by atomic mass is 16.5. The molecular formula is C18H21NO. The molecule has 1 N–H and O–H groups in total. The molecule has 0 aliphatic heterocycles. The van der Waals surface area contributed by atoms with E-state index in [1.807, 2.05) is 25.2 Å². The van der Waals surface area contributed by atoms with Crippen molar-refractivity contribution in [1.82, 2.24) is 5.32 Å². The SMILES string of the molecule is CNCc1ccccc1COCC=Cc1ccccc1. The summed E-state index contributed by atoms with van der Waals surface area (Å²) in [6, 6.07) is 18.6. The van der Waals surface area contributed by atoms with Crippen molar-refractivity contribution in [2.75, 3.05) is 13.7 Å². The number of benzene rings is 2. The van der Waals surface area contributed by atoms with Crippen LogP contribution in [0.25, 0.3) is 6.08 Å². The Morgan fingerprint density at radius 2 is 1.65 bits per heavy atom. The van der Waals surface area contributed by atoms with Crippen molar-refractivity contribution in [2.45, 2.75) is 13.2 Å². The van der Waals surface area contributed by atoms with E-state index >= 15 is 0 Å². The molecule has 0 unspecified atom stereocenters. The molecule has 0 radical (unpaired) electrons. The van der Waals surface area contributed by atoms with Crippen LogP contribution in [0, 0.1) is 0 Å². The lowest BCUT2D eigenvalue weighted by molar-refractivity contribution is 0.148. The number of nitrogens with one attached hydrogen (secondary N) is 1. The summed E-state index contributed by atoms with van der Waals surface area (Å²) in [4.78, 5) is 0. The van der Waals surface area contributed by atoms with Gasteiger partial charge in [0.2, 0.25) is 0 Å². The summed E-state index contributed by atoms with van der Waals surface area (Å²) in [6.07, 6.45) is 4.13. The van der Waals surface area contributed by atoms with Gasteiger partial charge in [-0.1, -0.05) is 66.7 Å². The number of ether oxygens (including phenoxy) is 1. The third kappa shape index (κ3) is 4.65. The highest BCUT2D eigenvalue weighted by molar-refractivity contribution is 5.48. The Kier molecular flexibility index (Phi) is 6.03. The van der Waals surface area contributed by atoms with E-state index in [0.717, 1.165) is 6.54 Å². The lowest BCUT2D eigenvalue weighted by Gasteiger charge is -2.08. The van der Waals surface area contributed by atoms with Gasteiger partial charge >= 0.3 is 0 Å². The van der Waals surface area contributed by atoms with Crippen molar-refractivity contribution < 1.29 is 4.74 Å². The van der Waals surface area contributed by atoms with Gasteiger partial charge in [0.05, 0.1) is 13.2 Å². The summed E-state index contributed by atoms with van der Waals surface area (Å²) >= 11 is 0. The van der Waals surface area contributed by atoms with Crippen LogP contribution in [0.15, 0.2) is 60.7 Å². The van der Waals surface area contributed by atoms with Crippen molar-refractivity contribution in [3.8, 4) is 0 Å². The fourth-order valence-electron chi connectivity index (χ4n) is 2.05. The van der Waals surface area contributed by atoms with Gasteiger partial charge in [-0.25, -0.2) is 0 Å². The largest absolute Gasteiger partial charge is 0.373 e. The Balaban J connectivity index is 1.80. The number of hydrogen-bond acceptors (Lipinski definition) is 2. The summed E-state index contributed by atoms with van der Waals surface area (Å²) in [7, 11) is 1.96. The fourth-order valence-corrected chi connectivity index (χ4v) is 2.05. The maximum absolute atomic E-state index is 5.71. The first-order valence-electron chi connectivity index (χ1n) is 6.91. The minimum Gasteiger partial charge on any atom is -0.373 e. The van der Waals surface area contributed by atoms with Crippen molar-refractivity contribution >= 4 is 6.08 Å². The molecule has 2 rings (SSSR count). The number of hydrogen-bond donors (Lipinski definition) is 1. The van der Waals surface area contributed by atoms with Crippen LogP contribution in [0.2, 0.25) is 0 Å². The molecule has 0 spiro atoms. The first kappa shape index (κ1) is 14.5. The third-order valence-electron chi connectivity index (χ3n) is 3.07. The van der Waals surface area contributed by atoms with Crippen molar-refractivity contribution in [1.29, 1.82) is 0 Å². The molecular weight excluding hydrogens is 246 g/mol. The molecule has 0 aromatic heterocycles. The van der Waals surface area contributed by atoms with E-state index in [2.05, 4.69) is 53.9 Å². The minimum atomic E-state index is 0.628. The second-order valence-corrected chi connectivity index (χ2v) is 4.63. The summed E-state index contributed by atoms with van der Waals surface area (Å²) < 4.78 is 5.71. The van der Waals surface area contributed by atoms with Crippen LogP contribution in [0.1, 0.15) is 16.7 Å². The summed E-state index contributed by atoms with van der Waals surface area (Å²) in [5.41, 5.74) is 3.74. The molecule has 0 bridgehead atoms. The van der Waals surface area contributed by atoms with E-state index in [9.17, 15) is 0 Å². The highest BCUT2D eigenvalue weighted by Crippen LogP contribution is 2.10. The molecule has 0 aliphatic rings. The zero-order chi connectivity index (χ0) is 14.0. The maximum atomic E-state index is 5.71. The van der Waals surface area contributed by atoms with Crippen LogP contribution < -0.4 is 5.32 Å². The van der Waals surface area contributed by atoms with Gasteiger partial charge in [-0.3, -0.25) is 0 Å². The molecule has 0 saturated carbocycles. The van der Waals surface area contributed by atoms with Crippen LogP contribution in [0.5, 0.6) is 0 Å². The quantitative estimate of drug-likeness (QED) is 0.773. The van der Waals surface area contributed by atoms with Gasteiger partial charge in [0.15, 0.2) is 0 Å². The second kappa shape index (κ2) is 8.31. The molecule has 2 aromatic rings. The third-order valence-corrected chi connectivity index (χ3v) is 3.07. The van der Waals surface area contributed by atoms with E-state index in [1.165, 1.54) is 16.7 Å². The van der Waals surface area contributed by atoms with E-state index in [1.54, 1.807) is 0 Å².